The van der Waals surface area contributed by atoms with E-state index in [4.69, 9.17) is 0 Å². The first-order chi connectivity index (χ1) is 20.0. The van der Waals surface area contributed by atoms with Crippen LogP contribution < -0.4 is 9.80 Å². The third kappa shape index (κ3) is 4.39. The molecule has 0 spiro atoms. The van der Waals surface area contributed by atoms with Gasteiger partial charge in [-0.3, -0.25) is 59.8 Å². The van der Waals surface area contributed by atoms with Gasteiger partial charge in [0, 0.05) is 12.1 Å². The van der Waals surface area contributed by atoms with Crippen LogP contribution in [0.1, 0.15) is 20.7 Å². The van der Waals surface area contributed by atoms with Crippen molar-refractivity contribution in [2.24, 2.45) is 0 Å². The third-order valence-electron chi connectivity index (χ3n) is 6.37. The molecule has 0 saturated carbocycles. The Morgan fingerprint density at radius 1 is 0.452 bits per heavy atom. The van der Waals surface area contributed by atoms with Gasteiger partial charge in [-0.25, -0.2) is 0 Å². The summed E-state index contributed by atoms with van der Waals surface area (Å²) in [5.41, 5.74) is -4.30. The van der Waals surface area contributed by atoms with Crippen LogP contribution in [0.5, 0.6) is 0 Å². The number of carbonyl (C=O) groups excluding carboxylic acids is 2. The number of hydrogen-bond acceptors (Lipinski definition) is 10. The third-order valence-corrected chi connectivity index (χ3v) is 6.37. The van der Waals surface area contributed by atoms with E-state index in [2.05, 4.69) is 0 Å². The molecule has 4 aromatic rings. The number of nitro groups is 4. The van der Waals surface area contributed by atoms with E-state index in [1.165, 1.54) is 48.5 Å². The zero-order valence-electron chi connectivity index (χ0n) is 20.8. The van der Waals surface area contributed by atoms with E-state index in [-0.39, 0.29) is 33.9 Å². The molecular weight excluding hydrogens is 556 g/mol. The van der Waals surface area contributed by atoms with Gasteiger partial charge in [0.1, 0.15) is 11.4 Å². The second kappa shape index (κ2) is 10.2. The summed E-state index contributed by atoms with van der Waals surface area (Å²) in [7, 11) is 0. The Balaban J connectivity index is 1.83. The number of nitrogens with zero attached hydrogens (tertiary/aromatic N) is 6. The summed E-state index contributed by atoms with van der Waals surface area (Å²) in [6.07, 6.45) is 0. The van der Waals surface area contributed by atoms with Gasteiger partial charge in [0.2, 0.25) is 0 Å². The molecule has 0 aliphatic carbocycles. The number of carbonyl (C=O) groups is 2. The lowest BCUT2D eigenvalue weighted by molar-refractivity contribution is -0.393. The van der Waals surface area contributed by atoms with E-state index >= 15 is 0 Å². The van der Waals surface area contributed by atoms with E-state index in [0.717, 1.165) is 34.1 Å². The lowest BCUT2D eigenvalue weighted by Gasteiger charge is -2.32. The number of rotatable bonds is 6. The highest BCUT2D eigenvalue weighted by molar-refractivity contribution is 6.25. The minimum absolute atomic E-state index is 0.159. The molecule has 0 N–H and O–H groups in total. The zero-order chi connectivity index (χ0) is 30.3. The summed E-state index contributed by atoms with van der Waals surface area (Å²) in [6, 6.07) is 16.3. The molecule has 208 valence electrons. The average molecular weight is 570 g/mol. The van der Waals surface area contributed by atoms with Crippen molar-refractivity contribution in [1.29, 1.82) is 0 Å². The molecule has 0 aromatic heterocycles. The Morgan fingerprint density at radius 2 is 0.810 bits per heavy atom. The van der Waals surface area contributed by atoms with Gasteiger partial charge in [0.25, 0.3) is 34.6 Å². The van der Waals surface area contributed by atoms with E-state index in [0.29, 0.717) is 12.1 Å². The molecule has 42 heavy (non-hydrogen) atoms. The van der Waals surface area contributed by atoms with Crippen LogP contribution in [-0.2, 0) is 0 Å². The fraction of sp³-hybridized carbons (Fsp3) is 0. The lowest BCUT2D eigenvalue weighted by atomic mass is 10.0. The summed E-state index contributed by atoms with van der Waals surface area (Å²) in [4.78, 5) is 73.2. The highest BCUT2D eigenvalue weighted by atomic mass is 16.6. The molecule has 0 bridgehead atoms. The first-order valence-electron chi connectivity index (χ1n) is 11.7. The number of hydrogen-bond donors (Lipinski definition) is 0. The van der Waals surface area contributed by atoms with E-state index in [9.17, 15) is 50.0 Å². The number of benzene rings is 4. The van der Waals surface area contributed by atoms with Crippen molar-refractivity contribution in [1.82, 2.24) is 0 Å². The molecule has 16 nitrogen and oxygen atoms in total. The van der Waals surface area contributed by atoms with Crippen LogP contribution in [0.4, 0.5) is 45.5 Å². The molecule has 0 atom stereocenters. The molecule has 1 aliphatic rings. The molecule has 2 amide bonds. The molecule has 16 heteroatoms. The Kier molecular flexibility index (Phi) is 6.55. The van der Waals surface area contributed by atoms with Crippen molar-refractivity contribution in [2.45, 2.75) is 0 Å². The van der Waals surface area contributed by atoms with Crippen LogP contribution in [0.25, 0.3) is 0 Å². The van der Waals surface area contributed by atoms with Gasteiger partial charge in [0.05, 0.1) is 54.3 Å². The van der Waals surface area contributed by atoms with Gasteiger partial charge in [-0.05, 0) is 36.4 Å². The maximum Gasteiger partial charge on any atom is 0.300 e. The van der Waals surface area contributed by atoms with Crippen LogP contribution in [-0.4, -0.2) is 31.5 Å². The summed E-state index contributed by atoms with van der Waals surface area (Å²) < 4.78 is 0. The molecule has 1 aliphatic heterocycles. The normalized spacial score (nSPS) is 12.6. The largest absolute Gasteiger partial charge is 0.300 e. The predicted molar refractivity (Wildman–Crippen MR) is 145 cm³/mol. The highest BCUT2D eigenvalue weighted by Gasteiger charge is 2.39. The van der Waals surface area contributed by atoms with Crippen molar-refractivity contribution < 1.29 is 29.3 Å². The second-order valence-electron chi connectivity index (χ2n) is 8.69. The Morgan fingerprint density at radius 3 is 1.14 bits per heavy atom. The van der Waals surface area contributed by atoms with Gasteiger partial charge in [0.15, 0.2) is 0 Å². The monoisotopic (exact) mass is 570 g/mol. The van der Waals surface area contributed by atoms with E-state index in [1.807, 2.05) is 0 Å². The minimum atomic E-state index is -0.905. The number of amides is 2. The number of fused-ring (bicyclic) bond motifs is 2. The SMILES string of the molecule is O=C1c2ccccc2N(c2ccc([N+](=O)[O-])cc2[N+](=O)[O-])C(=O)c2ccccc2N1c1ccc([N+](=O)[O-])cc1[N+](=O)[O-]. The lowest BCUT2D eigenvalue weighted by Crippen LogP contribution is -2.36. The van der Waals surface area contributed by atoms with Crippen molar-refractivity contribution in [2.75, 3.05) is 9.80 Å². The number of anilines is 4. The van der Waals surface area contributed by atoms with Crippen molar-refractivity contribution in [3.8, 4) is 0 Å². The first-order valence-corrected chi connectivity index (χ1v) is 11.7. The van der Waals surface area contributed by atoms with Crippen molar-refractivity contribution >= 4 is 57.3 Å². The molecule has 0 saturated heterocycles. The topological polar surface area (TPSA) is 213 Å². The fourth-order valence-corrected chi connectivity index (χ4v) is 4.56. The van der Waals surface area contributed by atoms with Crippen molar-refractivity contribution in [3.63, 3.8) is 0 Å². The van der Waals surface area contributed by atoms with Crippen LogP contribution in [0, 0.1) is 40.5 Å². The van der Waals surface area contributed by atoms with Crippen LogP contribution in [0.3, 0.4) is 0 Å². The molecule has 0 unspecified atom stereocenters. The summed E-state index contributed by atoms with van der Waals surface area (Å²) in [5, 5.41) is 46.6. The van der Waals surface area contributed by atoms with Crippen LogP contribution in [0.15, 0.2) is 84.9 Å². The fourth-order valence-electron chi connectivity index (χ4n) is 4.56. The molecule has 0 radical (unpaired) electrons. The summed E-state index contributed by atoms with van der Waals surface area (Å²) >= 11 is 0. The second-order valence-corrected chi connectivity index (χ2v) is 8.69. The predicted octanol–water partition coefficient (Wildman–Crippen LogP) is 5.59. The summed E-state index contributed by atoms with van der Waals surface area (Å²) in [6.45, 7) is 0. The van der Waals surface area contributed by atoms with Crippen LogP contribution >= 0.6 is 0 Å². The van der Waals surface area contributed by atoms with Gasteiger partial charge in [-0.15, -0.1) is 0 Å². The smallest absolute Gasteiger partial charge is 0.269 e. The first kappa shape index (κ1) is 27.0. The van der Waals surface area contributed by atoms with Crippen LogP contribution in [0.2, 0.25) is 0 Å². The Bertz CT molecular complexity index is 1740. The maximum absolute atomic E-state index is 14.2. The Labute approximate surface area is 233 Å². The zero-order valence-corrected chi connectivity index (χ0v) is 20.8. The van der Waals surface area contributed by atoms with Crippen molar-refractivity contribution in [3.05, 3.63) is 137 Å². The maximum atomic E-state index is 14.2. The summed E-state index contributed by atoms with van der Waals surface area (Å²) in [5.74, 6) is -1.81. The molecule has 4 aromatic carbocycles. The van der Waals surface area contributed by atoms with Gasteiger partial charge in [-0.2, -0.15) is 0 Å². The van der Waals surface area contributed by atoms with E-state index < -0.39 is 54.3 Å². The minimum Gasteiger partial charge on any atom is -0.269 e. The molecule has 5 rings (SSSR count). The molecule has 1 heterocycles. The average Bonchev–Trinajstić information content (AvgIpc) is 2.97. The van der Waals surface area contributed by atoms with E-state index in [1.54, 1.807) is 0 Å². The van der Waals surface area contributed by atoms with Gasteiger partial charge < -0.3 is 0 Å². The molecule has 0 fully saturated rings. The van der Waals surface area contributed by atoms with Gasteiger partial charge in [-0.1, -0.05) is 24.3 Å². The standard InChI is InChI=1S/C26H14N6O10/c33-25-17-5-1-3-7-19(17)27(21-11-9-15(29(35)36)13-23(21)31(39)40)26(34)18-6-2-4-8-20(18)28(25)22-12-10-16(30(37)38)14-24(22)32(41)42/h1-14H. The molecular formula is C26H14N6O10. The Hall–Kier alpha value is -6.58. The highest BCUT2D eigenvalue weighted by Crippen LogP contribution is 2.45. The number of para-hydroxylation sites is 2. The quantitative estimate of drug-likeness (QED) is 0.207. The number of non-ortho nitro benzene ring substituents is 2. The number of nitro benzene ring substituents is 4. The van der Waals surface area contributed by atoms with Gasteiger partial charge >= 0.3 is 0 Å².